The summed E-state index contributed by atoms with van der Waals surface area (Å²) >= 11 is 1.61. The predicted molar refractivity (Wildman–Crippen MR) is 112 cm³/mol. The van der Waals surface area contributed by atoms with Crippen LogP contribution < -0.4 is 10.6 Å². The number of benzene rings is 1. The highest BCUT2D eigenvalue weighted by Gasteiger charge is 2.53. The van der Waals surface area contributed by atoms with Gasteiger partial charge in [0.15, 0.2) is 0 Å². The molecule has 2 fully saturated rings. The topological polar surface area (TPSA) is 98.8 Å². The zero-order chi connectivity index (χ0) is 21.0. The lowest BCUT2D eigenvalue weighted by Gasteiger charge is -2.24. The molecule has 0 saturated carbocycles. The molecule has 1 spiro atoms. The van der Waals surface area contributed by atoms with Crippen LogP contribution in [0.25, 0.3) is 0 Å². The van der Waals surface area contributed by atoms with Gasteiger partial charge in [-0.15, -0.1) is 0 Å². The standard InChI is InChI=1S/C20H26N4O4S/c1-3-9-23(11-16(25)21-15-7-5-4-6-14(15)2)17(26)12-24-18(27)20(22-19(24)28)8-10-29-13-20/h4-7H,3,8-13H2,1-2H3,(H,21,25)(H,22,28)/t20-/m1/s1. The smallest absolute Gasteiger partial charge is 0.325 e. The molecule has 1 aromatic carbocycles. The molecule has 3 rings (SSSR count). The Morgan fingerprint density at radius 1 is 1.31 bits per heavy atom. The average molecular weight is 419 g/mol. The number of imide groups is 1. The van der Waals surface area contributed by atoms with Gasteiger partial charge in [0.25, 0.3) is 5.91 Å². The number of anilines is 1. The monoisotopic (exact) mass is 418 g/mol. The third kappa shape index (κ3) is 4.55. The maximum absolute atomic E-state index is 12.8. The number of hydrogen-bond acceptors (Lipinski definition) is 5. The number of amides is 5. The maximum atomic E-state index is 12.8. The molecule has 2 aliphatic rings. The number of para-hydroxylation sites is 1. The normalized spacial score (nSPS) is 20.8. The second kappa shape index (κ2) is 8.86. The Bertz CT molecular complexity index is 822. The summed E-state index contributed by atoms with van der Waals surface area (Å²) in [5.74, 6) is 0.246. The molecule has 0 aromatic heterocycles. The summed E-state index contributed by atoms with van der Waals surface area (Å²) < 4.78 is 0. The second-order valence-corrected chi connectivity index (χ2v) is 8.49. The molecule has 1 atom stereocenters. The molecule has 9 heteroatoms. The van der Waals surface area contributed by atoms with E-state index < -0.39 is 17.5 Å². The number of urea groups is 1. The number of hydrogen-bond donors (Lipinski definition) is 2. The van der Waals surface area contributed by atoms with Crippen molar-refractivity contribution in [2.75, 3.05) is 36.5 Å². The van der Waals surface area contributed by atoms with Crippen molar-refractivity contribution in [3.8, 4) is 0 Å². The molecule has 0 bridgehead atoms. The van der Waals surface area contributed by atoms with E-state index in [9.17, 15) is 19.2 Å². The summed E-state index contributed by atoms with van der Waals surface area (Å²) in [6.45, 7) is 3.67. The number of carbonyl (C=O) groups is 4. The first kappa shape index (κ1) is 21.2. The van der Waals surface area contributed by atoms with E-state index in [0.29, 0.717) is 30.8 Å². The fraction of sp³-hybridized carbons (Fsp3) is 0.500. The summed E-state index contributed by atoms with van der Waals surface area (Å²) in [7, 11) is 0. The van der Waals surface area contributed by atoms with E-state index in [0.717, 1.165) is 16.2 Å². The quantitative estimate of drug-likeness (QED) is 0.656. The van der Waals surface area contributed by atoms with Crippen LogP contribution in [0.1, 0.15) is 25.3 Å². The van der Waals surface area contributed by atoms with Crippen molar-refractivity contribution in [2.24, 2.45) is 0 Å². The zero-order valence-corrected chi connectivity index (χ0v) is 17.5. The molecule has 2 heterocycles. The van der Waals surface area contributed by atoms with Gasteiger partial charge in [0.2, 0.25) is 11.8 Å². The molecule has 0 aliphatic carbocycles. The number of rotatable bonds is 7. The lowest BCUT2D eigenvalue weighted by Crippen LogP contribution is -2.48. The van der Waals surface area contributed by atoms with Crippen molar-refractivity contribution in [3.63, 3.8) is 0 Å². The highest BCUT2D eigenvalue weighted by Crippen LogP contribution is 2.33. The minimum absolute atomic E-state index is 0.133. The van der Waals surface area contributed by atoms with Crippen molar-refractivity contribution in [1.29, 1.82) is 0 Å². The van der Waals surface area contributed by atoms with E-state index in [1.165, 1.54) is 4.90 Å². The fourth-order valence-electron chi connectivity index (χ4n) is 3.53. The molecule has 29 heavy (non-hydrogen) atoms. The lowest BCUT2D eigenvalue weighted by molar-refractivity contribution is -0.139. The number of thioether (sulfide) groups is 1. The first-order chi connectivity index (χ1) is 13.9. The van der Waals surface area contributed by atoms with E-state index >= 15 is 0 Å². The number of nitrogens with one attached hydrogen (secondary N) is 2. The highest BCUT2D eigenvalue weighted by molar-refractivity contribution is 7.99. The minimum Gasteiger partial charge on any atom is -0.332 e. The van der Waals surface area contributed by atoms with Gasteiger partial charge in [-0.25, -0.2) is 4.79 Å². The molecule has 8 nitrogen and oxygen atoms in total. The Kier molecular flexibility index (Phi) is 6.46. The van der Waals surface area contributed by atoms with Gasteiger partial charge in [0, 0.05) is 18.0 Å². The lowest BCUT2D eigenvalue weighted by atomic mass is 9.99. The van der Waals surface area contributed by atoms with Crippen LogP contribution in [-0.2, 0) is 14.4 Å². The van der Waals surface area contributed by atoms with Gasteiger partial charge < -0.3 is 15.5 Å². The van der Waals surface area contributed by atoms with Crippen LogP contribution in [0.4, 0.5) is 10.5 Å². The van der Waals surface area contributed by atoms with Gasteiger partial charge in [-0.05, 0) is 37.1 Å². The molecule has 5 amide bonds. The zero-order valence-electron chi connectivity index (χ0n) is 16.7. The Balaban J connectivity index is 1.63. The summed E-state index contributed by atoms with van der Waals surface area (Å²) in [5, 5.41) is 5.56. The van der Waals surface area contributed by atoms with Gasteiger partial charge in [0.1, 0.15) is 12.1 Å². The largest absolute Gasteiger partial charge is 0.332 e. The third-order valence-electron chi connectivity index (χ3n) is 5.16. The second-order valence-electron chi connectivity index (χ2n) is 7.38. The molecule has 0 radical (unpaired) electrons. The molecule has 2 N–H and O–H groups in total. The predicted octanol–water partition coefficient (Wildman–Crippen LogP) is 1.60. The molecular formula is C20H26N4O4S. The molecule has 2 aliphatic heterocycles. The Morgan fingerprint density at radius 3 is 2.72 bits per heavy atom. The van der Waals surface area contributed by atoms with Crippen molar-refractivity contribution in [3.05, 3.63) is 29.8 Å². The number of carbonyl (C=O) groups excluding carboxylic acids is 4. The van der Waals surface area contributed by atoms with E-state index in [1.807, 2.05) is 32.0 Å². The van der Waals surface area contributed by atoms with Crippen LogP contribution >= 0.6 is 11.8 Å². The van der Waals surface area contributed by atoms with Crippen LogP contribution in [0.5, 0.6) is 0 Å². The first-order valence-electron chi connectivity index (χ1n) is 9.71. The van der Waals surface area contributed by atoms with E-state index in [-0.39, 0.29) is 24.9 Å². The third-order valence-corrected chi connectivity index (χ3v) is 6.35. The average Bonchev–Trinajstić information content (AvgIpc) is 3.24. The van der Waals surface area contributed by atoms with Gasteiger partial charge in [0.05, 0.1) is 6.54 Å². The Hall–Kier alpha value is -2.55. The molecular weight excluding hydrogens is 392 g/mol. The Morgan fingerprint density at radius 2 is 2.07 bits per heavy atom. The van der Waals surface area contributed by atoms with E-state index in [4.69, 9.17) is 0 Å². The summed E-state index contributed by atoms with van der Waals surface area (Å²) in [6.07, 6.45) is 1.23. The van der Waals surface area contributed by atoms with Crippen molar-refractivity contribution in [1.82, 2.24) is 15.1 Å². The molecule has 2 saturated heterocycles. The summed E-state index contributed by atoms with van der Waals surface area (Å²) in [6, 6.07) is 6.86. The van der Waals surface area contributed by atoms with Crippen molar-refractivity contribution < 1.29 is 19.2 Å². The van der Waals surface area contributed by atoms with Crippen LogP contribution in [0.15, 0.2) is 24.3 Å². The van der Waals surface area contributed by atoms with Crippen LogP contribution in [0, 0.1) is 6.92 Å². The minimum atomic E-state index is -0.875. The van der Waals surface area contributed by atoms with Gasteiger partial charge in [-0.2, -0.15) is 11.8 Å². The van der Waals surface area contributed by atoms with Gasteiger partial charge in [-0.3, -0.25) is 19.3 Å². The fourth-order valence-corrected chi connectivity index (χ4v) is 4.85. The maximum Gasteiger partial charge on any atom is 0.325 e. The number of nitrogens with zero attached hydrogens (tertiary/aromatic N) is 2. The first-order valence-corrected chi connectivity index (χ1v) is 10.9. The van der Waals surface area contributed by atoms with Crippen LogP contribution in [0.3, 0.4) is 0 Å². The van der Waals surface area contributed by atoms with Gasteiger partial charge in [-0.1, -0.05) is 25.1 Å². The van der Waals surface area contributed by atoms with Crippen molar-refractivity contribution in [2.45, 2.75) is 32.2 Å². The summed E-state index contributed by atoms with van der Waals surface area (Å²) in [5.41, 5.74) is 0.740. The Labute approximate surface area is 174 Å². The van der Waals surface area contributed by atoms with E-state index in [1.54, 1.807) is 17.8 Å². The van der Waals surface area contributed by atoms with E-state index in [2.05, 4.69) is 10.6 Å². The molecule has 1 aromatic rings. The molecule has 0 unspecified atom stereocenters. The van der Waals surface area contributed by atoms with Crippen LogP contribution in [-0.4, -0.2) is 70.2 Å². The molecule has 156 valence electrons. The van der Waals surface area contributed by atoms with Crippen molar-refractivity contribution >= 4 is 41.2 Å². The van der Waals surface area contributed by atoms with Crippen LogP contribution in [0.2, 0.25) is 0 Å². The number of aryl methyl sites for hydroxylation is 1. The SMILES string of the molecule is CCCN(CC(=O)Nc1ccccc1C)C(=O)CN1C(=O)N[C@@]2(CCSC2)C1=O. The van der Waals surface area contributed by atoms with Gasteiger partial charge >= 0.3 is 6.03 Å². The highest BCUT2D eigenvalue weighted by atomic mass is 32.2. The summed E-state index contributed by atoms with van der Waals surface area (Å²) in [4.78, 5) is 52.7.